The molecule has 1 fully saturated rings. The molecule has 6 heteroatoms. The number of nitrogens with zero attached hydrogens (tertiary/aromatic N) is 4. The molecular formula is C15H18N4O2. The summed E-state index contributed by atoms with van der Waals surface area (Å²) >= 11 is 0. The number of aliphatic hydroxyl groups excluding tert-OH is 1. The third-order valence-electron chi connectivity index (χ3n) is 3.65. The summed E-state index contributed by atoms with van der Waals surface area (Å²) in [6.45, 7) is 1.57. The van der Waals surface area contributed by atoms with Crippen LogP contribution in [0.25, 0.3) is 11.4 Å². The average Bonchev–Trinajstić information content (AvgIpc) is 3.14. The number of anilines is 1. The third-order valence-corrected chi connectivity index (χ3v) is 3.65. The van der Waals surface area contributed by atoms with Gasteiger partial charge in [0.05, 0.1) is 0 Å². The lowest BCUT2D eigenvalue weighted by atomic mass is 10.2. The largest absolute Gasteiger partial charge is 0.396 e. The number of carbonyl (C=O) groups excluding carboxylic acids is 1. The predicted molar refractivity (Wildman–Crippen MR) is 78.7 cm³/mol. The van der Waals surface area contributed by atoms with E-state index in [-0.39, 0.29) is 12.5 Å². The van der Waals surface area contributed by atoms with Gasteiger partial charge in [0.25, 0.3) is 0 Å². The summed E-state index contributed by atoms with van der Waals surface area (Å²) in [7, 11) is 0. The quantitative estimate of drug-likeness (QED) is 0.903. The van der Waals surface area contributed by atoms with Gasteiger partial charge < -0.3 is 10.0 Å². The molecule has 1 aromatic carbocycles. The fraction of sp³-hybridized carbons (Fsp3) is 0.400. The summed E-state index contributed by atoms with van der Waals surface area (Å²) in [6, 6.07) is 7.81. The summed E-state index contributed by atoms with van der Waals surface area (Å²) in [5.74, 6) is 0.969. The Morgan fingerprint density at radius 3 is 2.71 bits per heavy atom. The van der Waals surface area contributed by atoms with Crippen LogP contribution in [0.5, 0.6) is 0 Å². The summed E-state index contributed by atoms with van der Waals surface area (Å²) in [5.41, 5.74) is 1.89. The molecule has 1 N–H and O–H groups in total. The van der Waals surface area contributed by atoms with E-state index in [1.807, 2.05) is 29.2 Å². The minimum Gasteiger partial charge on any atom is -0.396 e. The van der Waals surface area contributed by atoms with Crippen molar-refractivity contribution in [2.45, 2.75) is 25.8 Å². The number of aromatic nitrogens is 3. The molecule has 1 aromatic heterocycles. The molecule has 0 saturated carbocycles. The van der Waals surface area contributed by atoms with Crippen LogP contribution in [0.15, 0.2) is 30.6 Å². The van der Waals surface area contributed by atoms with Crippen molar-refractivity contribution in [3.63, 3.8) is 0 Å². The first-order valence-corrected chi connectivity index (χ1v) is 7.19. The molecule has 2 aromatic rings. The molecule has 1 aliphatic rings. The van der Waals surface area contributed by atoms with Crippen molar-refractivity contribution in [2.75, 3.05) is 18.1 Å². The van der Waals surface area contributed by atoms with Gasteiger partial charge in [0, 0.05) is 37.4 Å². The summed E-state index contributed by atoms with van der Waals surface area (Å²) < 4.78 is 1.78. The lowest BCUT2D eigenvalue weighted by Gasteiger charge is -2.15. The van der Waals surface area contributed by atoms with Crippen LogP contribution in [0, 0.1) is 0 Å². The van der Waals surface area contributed by atoms with Crippen LogP contribution in [0.1, 0.15) is 19.3 Å². The van der Waals surface area contributed by atoms with Crippen LogP contribution in [-0.2, 0) is 11.3 Å². The van der Waals surface area contributed by atoms with Gasteiger partial charge in [0.1, 0.15) is 6.33 Å². The van der Waals surface area contributed by atoms with E-state index in [1.54, 1.807) is 4.68 Å². The van der Waals surface area contributed by atoms with Gasteiger partial charge in [-0.25, -0.2) is 9.67 Å². The van der Waals surface area contributed by atoms with Gasteiger partial charge in [-0.15, -0.1) is 0 Å². The van der Waals surface area contributed by atoms with E-state index < -0.39 is 0 Å². The Bertz CT molecular complexity index is 621. The monoisotopic (exact) mass is 286 g/mol. The maximum Gasteiger partial charge on any atom is 0.227 e. The van der Waals surface area contributed by atoms with Crippen LogP contribution < -0.4 is 4.90 Å². The number of aryl methyl sites for hydroxylation is 1. The molecule has 3 rings (SSSR count). The number of amides is 1. The third kappa shape index (κ3) is 2.80. The van der Waals surface area contributed by atoms with Crippen molar-refractivity contribution >= 4 is 11.6 Å². The number of benzene rings is 1. The lowest BCUT2D eigenvalue weighted by Crippen LogP contribution is -2.23. The standard InChI is InChI=1S/C15H18N4O2/c20-10-2-9-19-15(16-11-17-19)12-4-6-13(7-5-12)18-8-1-3-14(18)21/h4-7,11,20H,1-3,8-10H2. The van der Waals surface area contributed by atoms with E-state index in [1.165, 1.54) is 6.33 Å². The zero-order valence-electron chi connectivity index (χ0n) is 11.8. The number of rotatable bonds is 5. The van der Waals surface area contributed by atoms with Gasteiger partial charge in [-0.2, -0.15) is 5.10 Å². The molecule has 1 amide bonds. The second kappa shape index (κ2) is 6.05. The Morgan fingerprint density at radius 1 is 1.24 bits per heavy atom. The van der Waals surface area contributed by atoms with E-state index in [4.69, 9.17) is 5.11 Å². The fourth-order valence-corrected chi connectivity index (χ4v) is 2.58. The minimum atomic E-state index is 0.134. The lowest BCUT2D eigenvalue weighted by molar-refractivity contribution is -0.117. The van der Waals surface area contributed by atoms with Crippen LogP contribution in [0.2, 0.25) is 0 Å². The first-order chi connectivity index (χ1) is 10.3. The number of aliphatic hydroxyl groups is 1. The van der Waals surface area contributed by atoms with Gasteiger partial charge in [0.2, 0.25) is 5.91 Å². The zero-order valence-corrected chi connectivity index (χ0v) is 11.8. The minimum absolute atomic E-state index is 0.134. The Kier molecular flexibility index (Phi) is 3.96. The maximum absolute atomic E-state index is 11.7. The normalized spacial score (nSPS) is 14.9. The summed E-state index contributed by atoms with van der Waals surface area (Å²) in [4.78, 5) is 17.8. The molecule has 0 atom stereocenters. The average molecular weight is 286 g/mol. The summed E-state index contributed by atoms with van der Waals surface area (Å²) in [6.07, 6.45) is 3.73. The van der Waals surface area contributed by atoms with E-state index >= 15 is 0 Å². The predicted octanol–water partition coefficient (Wildman–Crippen LogP) is 1.45. The molecule has 1 aliphatic heterocycles. The Morgan fingerprint density at radius 2 is 2.05 bits per heavy atom. The van der Waals surface area contributed by atoms with E-state index in [2.05, 4.69) is 10.1 Å². The van der Waals surface area contributed by atoms with Crippen LogP contribution in [-0.4, -0.2) is 38.9 Å². The highest BCUT2D eigenvalue weighted by Crippen LogP contribution is 2.25. The number of hydrogen-bond donors (Lipinski definition) is 1. The second-order valence-electron chi connectivity index (χ2n) is 5.08. The number of hydrogen-bond acceptors (Lipinski definition) is 4. The van der Waals surface area contributed by atoms with Crippen molar-refractivity contribution in [3.8, 4) is 11.4 Å². The van der Waals surface area contributed by atoms with Crippen LogP contribution >= 0.6 is 0 Å². The highest BCUT2D eigenvalue weighted by Gasteiger charge is 2.21. The SMILES string of the molecule is O=C1CCCN1c1ccc(-c2ncnn2CCCO)cc1. The molecular weight excluding hydrogens is 268 g/mol. The van der Waals surface area contributed by atoms with Gasteiger partial charge in [-0.05, 0) is 37.1 Å². The smallest absolute Gasteiger partial charge is 0.227 e. The Labute approximate surface area is 123 Å². The van der Waals surface area contributed by atoms with Gasteiger partial charge >= 0.3 is 0 Å². The second-order valence-corrected chi connectivity index (χ2v) is 5.08. The first kappa shape index (κ1) is 13.8. The van der Waals surface area contributed by atoms with Gasteiger partial charge in [-0.1, -0.05) is 0 Å². The molecule has 0 radical (unpaired) electrons. The molecule has 110 valence electrons. The Hall–Kier alpha value is -2.21. The maximum atomic E-state index is 11.7. The molecule has 0 spiro atoms. The highest BCUT2D eigenvalue weighted by molar-refractivity contribution is 5.95. The van der Waals surface area contributed by atoms with E-state index in [0.717, 1.165) is 30.0 Å². The zero-order chi connectivity index (χ0) is 14.7. The van der Waals surface area contributed by atoms with Crippen molar-refractivity contribution in [1.82, 2.24) is 14.8 Å². The molecule has 1 saturated heterocycles. The van der Waals surface area contributed by atoms with Crippen molar-refractivity contribution in [1.29, 1.82) is 0 Å². The molecule has 21 heavy (non-hydrogen) atoms. The van der Waals surface area contributed by atoms with Crippen molar-refractivity contribution < 1.29 is 9.90 Å². The van der Waals surface area contributed by atoms with E-state index in [0.29, 0.717) is 19.4 Å². The van der Waals surface area contributed by atoms with Crippen LogP contribution in [0.3, 0.4) is 0 Å². The van der Waals surface area contributed by atoms with Gasteiger partial charge in [-0.3, -0.25) is 4.79 Å². The van der Waals surface area contributed by atoms with Crippen LogP contribution in [0.4, 0.5) is 5.69 Å². The molecule has 2 heterocycles. The van der Waals surface area contributed by atoms with Gasteiger partial charge in [0.15, 0.2) is 5.82 Å². The number of carbonyl (C=O) groups is 1. The first-order valence-electron chi connectivity index (χ1n) is 7.19. The van der Waals surface area contributed by atoms with Crippen molar-refractivity contribution in [2.24, 2.45) is 0 Å². The molecule has 0 aliphatic carbocycles. The Balaban J connectivity index is 1.81. The molecule has 0 unspecified atom stereocenters. The highest BCUT2D eigenvalue weighted by atomic mass is 16.3. The van der Waals surface area contributed by atoms with E-state index in [9.17, 15) is 4.79 Å². The topological polar surface area (TPSA) is 71.2 Å². The van der Waals surface area contributed by atoms with Crippen molar-refractivity contribution in [3.05, 3.63) is 30.6 Å². The molecule has 6 nitrogen and oxygen atoms in total. The molecule has 0 bridgehead atoms. The fourth-order valence-electron chi connectivity index (χ4n) is 2.58. The summed E-state index contributed by atoms with van der Waals surface area (Å²) in [5, 5.41) is 13.1.